The van der Waals surface area contributed by atoms with E-state index in [0.29, 0.717) is 4.34 Å². The maximum atomic E-state index is 13.8. The number of aliphatic hydroxyl groups is 2. The SMILES string of the molecule is N#Cc1ccc(OC2CN(S(=O)(=O)c3ccc(Cl)s3)C[C@@]2(O)CO)cc1F. The lowest BCUT2D eigenvalue weighted by molar-refractivity contribution is -0.0641. The predicted molar refractivity (Wildman–Crippen MR) is 95.7 cm³/mol. The van der Waals surface area contributed by atoms with Gasteiger partial charge in [-0.15, -0.1) is 11.3 Å². The molecule has 0 amide bonds. The van der Waals surface area contributed by atoms with Gasteiger partial charge in [-0.2, -0.15) is 9.57 Å². The van der Waals surface area contributed by atoms with Crippen LogP contribution < -0.4 is 4.74 Å². The summed E-state index contributed by atoms with van der Waals surface area (Å²) in [4.78, 5) is 0. The number of ether oxygens (including phenoxy) is 1. The Bertz CT molecular complexity index is 1010. The van der Waals surface area contributed by atoms with Crippen LogP contribution in [-0.4, -0.2) is 54.3 Å². The summed E-state index contributed by atoms with van der Waals surface area (Å²) in [5, 5.41) is 29.0. The minimum Gasteiger partial charge on any atom is -0.486 e. The van der Waals surface area contributed by atoms with Gasteiger partial charge < -0.3 is 14.9 Å². The maximum absolute atomic E-state index is 13.8. The van der Waals surface area contributed by atoms with Crippen molar-refractivity contribution in [3.05, 3.63) is 46.0 Å². The second-order valence-electron chi connectivity index (χ2n) is 5.98. The zero-order valence-corrected chi connectivity index (χ0v) is 16.1. The molecule has 1 aliphatic rings. The molecule has 2 aromatic rings. The van der Waals surface area contributed by atoms with E-state index in [-0.39, 0.29) is 22.1 Å². The molecule has 7 nitrogen and oxygen atoms in total. The van der Waals surface area contributed by atoms with Crippen molar-refractivity contribution in [1.29, 1.82) is 5.26 Å². The van der Waals surface area contributed by atoms with Gasteiger partial charge in [-0.3, -0.25) is 0 Å². The number of hydrogen-bond acceptors (Lipinski definition) is 7. The Morgan fingerprint density at radius 2 is 2.19 bits per heavy atom. The van der Waals surface area contributed by atoms with E-state index >= 15 is 0 Å². The summed E-state index contributed by atoms with van der Waals surface area (Å²) >= 11 is 6.67. The topological polar surface area (TPSA) is 111 Å². The van der Waals surface area contributed by atoms with Crippen LogP contribution in [0.3, 0.4) is 0 Å². The van der Waals surface area contributed by atoms with Crippen LogP contribution in [0.25, 0.3) is 0 Å². The first-order valence-corrected chi connectivity index (χ1v) is 10.3. The Labute approximate surface area is 163 Å². The standard InChI is InChI=1S/C16H14ClFN2O5S2/c17-14-3-4-15(26-14)27(23,24)20-7-13(16(22,8-20)9-21)25-11-2-1-10(6-19)12(18)5-11/h1-5,13,21-22H,7-9H2/t13?,16-/m1/s1. The van der Waals surface area contributed by atoms with Crippen molar-refractivity contribution >= 4 is 33.0 Å². The van der Waals surface area contributed by atoms with Crippen molar-refractivity contribution in [3.8, 4) is 11.8 Å². The van der Waals surface area contributed by atoms with Gasteiger partial charge in [0.15, 0.2) is 0 Å². The third-order valence-corrected chi connectivity index (χ3v) is 7.69. The van der Waals surface area contributed by atoms with E-state index in [1.54, 1.807) is 6.07 Å². The van der Waals surface area contributed by atoms with Crippen LogP contribution in [0.4, 0.5) is 4.39 Å². The molecule has 0 spiro atoms. The second-order valence-corrected chi connectivity index (χ2v) is 9.86. The van der Waals surface area contributed by atoms with Crippen molar-refractivity contribution in [2.75, 3.05) is 19.7 Å². The van der Waals surface area contributed by atoms with Crippen LogP contribution in [0.1, 0.15) is 5.56 Å². The Balaban J connectivity index is 1.86. The minimum atomic E-state index is -3.94. The molecule has 0 radical (unpaired) electrons. The van der Waals surface area contributed by atoms with Crippen molar-refractivity contribution in [1.82, 2.24) is 4.31 Å². The van der Waals surface area contributed by atoms with E-state index in [9.17, 15) is 23.0 Å². The first kappa shape index (κ1) is 20.0. The zero-order chi connectivity index (χ0) is 19.8. The number of hydrogen-bond donors (Lipinski definition) is 2. The maximum Gasteiger partial charge on any atom is 0.252 e. The highest BCUT2D eigenvalue weighted by molar-refractivity contribution is 7.91. The lowest BCUT2D eigenvalue weighted by Crippen LogP contribution is -2.48. The van der Waals surface area contributed by atoms with Crippen LogP contribution in [0, 0.1) is 17.1 Å². The quantitative estimate of drug-likeness (QED) is 0.742. The van der Waals surface area contributed by atoms with E-state index in [1.165, 1.54) is 24.3 Å². The highest BCUT2D eigenvalue weighted by Crippen LogP contribution is 2.34. The Kier molecular flexibility index (Phi) is 5.45. The summed E-state index contributed by atoms with van der Waals surface area (Å²) in [7, 11) is -3.94. The number of nitriles is 1. The number of halogens is 2. The largest absolute Gasteiger partial charge is 0.486 e. The molecular weight excluding hydrogens is 419 g/mol. The van der Waals surface area contributed by atoms with E-state index < -0.39 is 40.7 Å². The average Bonchev–Trinajstić information content (AvgIpc) is 3.20. The molecular formula is C16H14ClFN2O5S2. The summed E-state index contributed by atoms with van der Waals surface area (Å²) in [6.07, 6.45) is -1.14. The van der Waals surface area contributed by atoms with Crippen molar-refractivity contribution in [3.63, 3.8) is 0 Å². The molecule has 1 aromatic heterocycles. The molecule has 144 valence electrons. The summed E-state index contributed by atoms with van der Waals surface area (Å²) in [6, 6.07) is 7.97. The third-order valence-electron chi connectivity index (χ3n) is 4.17. The Hall–Kier alpha value is -1.74. The summed E-state index contributed by atoms with van der Waals surface area (Å²) < 4.78 is 46.0. The van der Waals surface area contributed by atoms with Gasteiger partial charge in [-0.05, 0) is 24.3 Å². The van der Waals surface area contributed by atoms with E-state index in [2.05, 4.69) is 0 Å². The van der Waals surface area contributed by atoms with Gasteiger partial charge in [0.25, 0.3) is 10.0 Å². The normalized spacial score (nSPS) is 23.3. The van der Waals surface area contributed by atoms with Crippen LogP contribution in [-0.2, 0) is 10.0 Å². The molecule has 0 aliphatic carbocycles. The van der Waals surface area contributed by atoms with Gasteiger partial charge in [-0.25, -0.2) is 12.8 Å². The van der Waals surface area contributed by atoms with Gasteiger partial charge >= 0.3 is 0 Å². The van der Waals surface area contributed by atoms with E-state index in [1.807, 2.05) is 0 Å². The molecule has 0 saturated carbocycles. The number of nitrogens with zero attached hydrogens (tertiary/aromatic N) is 2. The third kappa shape index (κ3) is 3.80. The highest BCUT2D eigenvalue weighted by atomic mass is 35.5. The molecule has 2 atom stereocenters. The van der Waals surface area contributed by atoms with Gasteiger partial charge in [0, 0.05) is 12.6 Å². The molecule has 1 aliphatic heterocycles. The summed E-state index contributed by atoms with van der Waals surface area (Å²) in [5.74, 6) is -0.806. The van der Waals surface area contributed by atoms with Crippen LogP contribution in [0.15, 0.2) is 34.5 Å². The zero-order valence-electron chi connectivity index (χ0n) is 13.7. The fourth-order valence-electron chi connectivity index (χ4n) is 2.70. The number of aliphatic hydroxyl groups excluding tert-OH is 1. The van der Waals surface area contributed by atoms with Crippen molar-refractivity contribution in [2.24, 2.45) is 0 Å². The predicted octanol–water partition coefficient (Wildman–Crippen LogP) is 1.59. The Morgan fingerprint density at radius 3 is 2.74 bits per heavy atom. The second kappa shape index (κ2) is 7.35. The number of benzene rings is 1. The number of rotatable bonds is 5. The molecule has 11 heteroatoms. The lowest BCUT2D eigenvalue weighted by Gasteiger charge is -2.27. The first-order chi connectivity index (χ1) is 12.7. The molecule has 27 heavy (non-hydrogen) atoms. The fourth-order valence-corrected chi connectivity index (χ4v) is 5.84. The minimum absolute atomic E-state index is 0.00166. The summed E-state index contributed by atoms with van der Waals surface area (Å²) in [5.41, 5.74) is -2.05. The van der Waals surface area contributed by atoms with Gasteiger partial charge in [0.2, 0.25) is 0 Å². The van der Waals surface area contributed by atoms with Crippen LogP contribution in [0.5, 0.6) is 5.75 Å². The molecule has 0 bridgehead atoms. The van der Waals surface area contributed by atoms with Crippen molar-refractivity contribution in [2.45, 2.75) is 15.9 Å². The number of β-amino-alcohol motifs (C(OH)–C–C–N with tert-alkyl or cyclic N) is 1. The molecule has 1 unspecified atom stereocenters. The number of thiophene rings is 1. The summed E-state index contributed by atoms with van der Waals surface area (Å²) in [6.45, 7) is -1.41. The van der Waals surface area contributed by atoms with Gasteiger partial charge in [-0.1, -0.05) is 11.6 Å². The Morgan fingerprint density at radius 1 is 1.44 bits per heavy atom. The molecule has 1 saturated heterocycles. The average molecular weight is 433 g/mol. The van der Waals surface area contributed by atoms with E-state index in [4.69, 9.17) is 21.6 Å². The van der Waals surface area contributed by atoms with E-state index in [0.717, 1.165) is 21.7 Å². The molecule has 1 fully saturated rings. The fraction of sp³-hybridized carbons (Fsp3) is 0.312. The lowest BCUT2D eigenvalue weighted by atomic mass is 10.0. The highest BCUT2D eigenvalue weighted by Gasteiger charge is 2.51. The molecule has 3 rings (SSSR count). The molecule has 2 heterocycles. The molecule has 2 N–H and O–H groups in total. The van der Waals surface area contributed by atoms with Crippen molar-refractivity contribution < 1.29 is 27.8 Å². The van der Waals surface area contributed by atoms with Crippen LogP contribution >= 0.6 is 22.9 Å². The smallest absolute Gasteiger partial charge is 0.252 e. The molecule has 1 aromatic carbocycles. The number of sulfonamides is 1. The van der Waals surface area contributed by atoms with Gasteiger partial charge in [0.05, 0.1) is 23.1 Å². The monoisotopic (exact) mass is 432 g/mol. The first-order valence-electron chi connectivity index (χ1n) is 7.64. The van der Waals surface area contributed by atoms with Crippen LogP contribution in [0.2, 0.25) is 4.34 Å². The van der Waals surface area contributed by atoms with Gasteiger partial charge in [0.1, 0.15) is 33.6 Å².